The highest BCUT2D eigenvalue weighted by molar-refractivity contribution is 5.89. The molecule has 1 aromatic rings. The summed E-state index contributed by atoms with van der Waals surface area (Å²) in [6.07, 6.45) is 4.98. The van der Waals surface area contributed by atoms with Gasteiger partial charge in [0.25, 0.3) is 0 Å². The van der Waals surface area contributed by atoms with Crippen molar-refractivity contribution < 1.29 is 14.6 Å². The van der Waals surface area contributed by atoms with Crippen molar-refractivity contribution in [1.82, 2.24) is 0 Å². The minimum absolute atomic E-state index is 0.0764. The van der Waals surface area contributed by atoms with E-state index in [0.717, 1.165) is 25.4 Å². The molecule has 21 heavy (non-hydrogen) atoms. The summed E-state index contributed by atoms with van der Waals surface area (Å²) in [6.45, 7) is 8.62. The zero-order valence-corrected chi connectivity index (χ0v) is 13.4. The lowest BCUT2D eigenvalue weighted by Gasteiger charge is -2.24. The molecule has 0 spiro atoms. The summed E-state index contributed by atoms with van der Waals surface area (Å²) >= 11 is 0. The van der Waals surface area contributed by atoms with Gasteiger partial charge in [-0.15, -0.1) is 0 Å². The second-order valence-electron chi connectivity index (χ2n) is 7.02. The van der Waals surface area contributed by atoms with Gasteiger partial charge in [-0.25, -0.2) is 4.79 Å². The van der Waals surface area contributed by atoms with Gasteiger partial charge in [0.2, 0.25) is 0 Å². The van der Waals surface area contributed by atoms with Crippen molar-refractivity contribution in [2.45, 2.75) is 58.8 Å². The van der Waals surface area contributed by atoms with Crippen LogP contribution >= 0.6 is 0 Å². The van der Waals surface area contributed by atoms with Crippen molar-refractivity contribution in [2.75, 3.05) is 0 Å². The number of carbonyl (C=O) groups is 1. The van der Waals surface area contributed by atoms with Crippen LogP contribution in [0.3, 0.4) is 0 Å². The molecule has 0 amide bonds. The first-order valence-electron chi connectivity index (χ1n) is 7.70. The third-order valence-corrected chi connectivity index (χ3v) is 3.95. The molecule has 0 aromatic heterocycles. The molecule has 1 aliphatic carbocycles. The van der Waals surface area contributed by atoms with Gasteiger partial charge in [-0.1, -0.05) is 52.7 Å². The van der Waals surface area contributed by atoms with Crippen LogP contribution < -0.4 is 0 Å². The van der Waals surface area contributed by atoms with Gasteiger partial charge in [0.05, 0.1) is 5.56 Å². The maximum absolute atomic E-state index is 12.0. The fourth-order valence-electron chi connectivity index (χ4n) is 2.57. The maximum Gasteiger partial charge on any atom is 0.373 e. The highest BCUT2D eigenvalue weighted by atomic mass is 17.2. The minimum Gasteiger partial charge on any atom is -0.292 e. The standard InChI is InChI=1S/C18H25O3/c1-13-6-5-7-16(12-13)20-21-17(19)14-8-10-15(11-9-14)18(2,3)4/h8-11,13H,5-7,12H2,1-4H3. The van der Waals surface area contributed by atoms with Gasteiger partial charge in [0.15, 0.2) is 0 Å². The Morgan fingerprint density at radius 2 is 1.86 bits per heavy atom. The second kappa shape index (κ2) is 6.61. The lowest BCUT2D eigenvalue weighted by atomic mass is 9.87. The first-order valence-corrected chi connectivity index (χ1v) is 7.70. The summed E-state index contributed by atoms with van der Waals surface area (Å²) in [5.74, 6) is 0.180. The van der Waals surface area contributed by atoms with E-state index in [1.165, 1.54) is 12.0 Å². The van der Waals surface area contributed by atoms with Gasteiger partial charge in [-0.3, -0.25) is 4.89 Å². The minimum atomic E-state index is -0.429. The van der Waals surface area contributed by atoms with E-state index in [0.29, 0.717) is 11.5 Å². The first-order chi connectivity index (χ1) is 9.86. The number of hydrogen-bond donors (Lipinski definition) is 0. The van der Waals surface area contributed by atoms with Crippen LogP contribution in [0, 0.1) is 12.0 Å². The molecule has 1 aliphatic rings. The Bertz CT molecular complexity index is 470. The summed E-state index contributed by atoms with van der Waals surface area (Å²) in [4.78, 5) is 22.2. The molecular formula is C18H25O3. The van der Waals surface area contributed by atoms with Crippen molar-refractivity contribution in [3.63, 3.8) is 0 Å². The Kier molecular flexibility index (Phi) is 5.04. The lowest BCUT2D eigenvalue weighted by molar-refractivity contribution is -0.241. The van der Waals surface area contributed by atoms with Crippen molar-refractivity contribution in [2.24, 2.45) is 5.92 Å². The van der Waals surface area contributed by atoms with Gasteiger partial charge < -0.3 is 0 Å². The van der Waals surface area contributed by atoms with E-state index in [2.05, 4.69) is 27.7 Å². The SMILES string of the molecule is CC1CCC[C](OOC(=O)c2ccc(C(C)(C)C)cc2)C1. The van der Waals surface area contributed by atoms with Crippen LogP contribution in [-0.2, 0) is 15.2 Å². The number of carbonyl (C=O) groups excluding carboxylic acids is 1. The number of hydrogen-bond acceptors (Lipinski definition) is 3. The third kappa shape index (κ3) is 4.57. The second-order valence-corrected chi connectivity index (χ2v) is 7.02. The van der Waals surface area contributed by atoms with E-state index >= 15 is 0 Å². The van der Waals surface area contributed by atoms with Crippen LogP contribution in [0.1, 0.15) is 69.3 Å². The topological polar surface area (TPSA) is 35.5 Å². The number of rotatable bonds is 3. The Balaban J connectivity index is 1.88. The smallest absolute Gasteiger partial charge is 0.292 e. The van der Waals surface area contributed by atoms with E-state index in [9.17, 15) is 4.79 Å². The van der Waals surface area contributed by atoms with Crippen molar-refractivity contribution in [1.29, 1.82) is 0 Å². The molecule has 0 saturated heterocycles. The van der Waals surface area contributed by atoms with Crippen LogP contribution in [-0.4, -0.2) is 5.97 Å². The molecule has 3 heteroatoms. The molecule has 1 saturated carbocycles. The summed E-state index contributed by atoms with van der Waals surface area (Å²) in [5, 5.41) is 0. The molecular weight excluding hydrogens is 264 g/mol. The molecule has 1 atom stereocenters. The van der Waals surface area contributed by atoms with E-state index in [1.807, 2.05) is 12.1 Å². The molecule has 1 unspecified atom stereocenters. The maximum atomic E-state index is 12.0. The van der Waals surface area contributed by atoms with Crippen LogP contribution in [0.2, 0.25) is 0 Å². The Labute approximate surface area is 127 Å². The normalized spacial score (nSPS) is 20.3. The van der Waals surface area contributed by atoms with Crippen molar-refractivity contribution in [3.8, 4) is 0 Å². The number of benzene rings is 1. The van der Waals surface area contributed by atoms with E-state index in [4.69, 9.17) is 9.78 Å². The summed E-state index contributed by atoms with van der Waals surface area (Å²) in [7, 11) is 0. The van der Waals surface area contributed by atoms with Crippen molar-refractivity contribution in [3.05, 3.63) is 41.5 Å². The van der Waals surface area contributed by atoms with Gasteiger partial charge in [-0.2, -0.15) is 4.89 Å². The quantitative estimate of drug-likeness (QED) is 0.591. The van der Waals surface area contributed by atoms with Crippen LogP contribution in [0.5, 0.6) is 0 Å². The molecule has 115 valence electrons. The summed E-state index contributed by atoms with van der Waals surface area (Å²) < 4.78 is 0. The zero-order chi connectivity index (χ0) is 15.5. The summed E-state index contributed by atoms with van der Waals surface area (Å²) in [6, 6.07) is 7.51. The monoisotopic (exact) mass is 289 g/mol. The molecule has 1 radical (unpaired) electrons. The van der Waals surface area contributed by atoms with Crippen LogP contribution in [0.25, 0.3) is 0 Å². The van der Waals surface area contributed by atoms with Gasteiger partial charge >= 0.3 is 5.97 Å². The predicted octanol–water partition coefficient (Wildman–Crippen LogP) is 4.81. The average Bonchev–Trinajstić information content (AvgIpc) is 2.44. The summed E-state index contributed by atoms with van der Waals surface area (Å²) in [5.41, 5.74) is 1.79. The van der Waals surface area contributed by atoms with E-state index in [-0.39, 0.29) is 5.41 Å². The predicted molar refractivity (Wildman–Crippen MR) is 82.5 cm³/mol. The molecule has 1 fully saturated rings. The van der Waals surface area contributed by atoms with Crippen LogP contribution in [0.4, 0.5) is 0 Å². The molecule has 2 rings (SSSR count). The molecule has 0 bridgehead atoms. The fourth-order valence-corrected chi connectivity index (χ4v) is 2.57. The highest BCUT2D eigenvalue weighted by Gasteiger charge is 2.23. The van der Waals surface area contributed by atoms with E-state index in [1.54, 1.807) is 12.1 Å². The zero-order valence-electron chi connectivity index (χ0n) is 13.4. The average molecular weight is 289 g/mol. The molecule has 0 heterocycles. The van der Waals surface area contributed by atoms with Crippen molar-refractivity contribution >= 4 is 5.97 Å². The highest BCUT2D eigenvalue weighted by Crippen LogP contribution is 2.31. The third-order valence-electron chi connectivity index (χ3n) is 3.95. The van der Waals surface area contributed by atoms with Gasteiger partial charge in [-0.05, 0) is 41.9 Å². The molecule has 0 aliphatic heterocycles. The van der Waals surface area contributed by atoms with Crippen LogP contribution in [0.15, 0.2) is 24.3 Å². The van der Waals surface area contributed by atoms with E-state index < -0.39 is 5.97 Å². The largest absolute Gasteiger partial charge is 0.373 e. The molecule has 1 aromatic carbocycles. The Morgan fingerprint density at radius 1 is 1.19 bits per heavy atom. The van der Waals surface area contributed by atoms with Gasteiger partial charge in [0, 0.05) is 0 Å². The molecule has 0 N–H and O–H groups in total. The Morgan fingerprint density at radius 3 is 2.43 bits per heavy atom. The Hall–Kier alpha value is -1.35. The van der Waals surface area contributed by atoms with Gasteiger partial charge in [0.1, 0.15) is 6.10 Å². The molecule has 3 nitrogen and oxygen atoms in total. The first kappa shape index (κ1) is 16.0. The fraction of sp³-hybridized carbons (Fsp3) is 0.556. The lowest BCUT2D eigenvalue weighted by Crippen LogP contribution is -2.17.